The highest BCUT2D eigenvalue weighted by molar-refractivity contribution is 7.99. The van der Waals surface area contributed by atoms with Gasteiger partial charge in [-0.1, -0.05) is 30.0 Å². The summed E-state index contributed by atoms with van der Waals surface area (Å²) in [6.07, 6.45) is 0.0787. The first-order valence-corrected chi connectivity index (χ1v) is 8.89. The molecule has 1 aliphatic heterocycles. The van der Waals surface area contributed by atoms with E-state index < -0.39 is 23.6 Å². The third-order valence-electron chi connectivity index (χ3n) is 3.86. The minimum Gasteiger partial charge on any atom is -0.368 e. The van der Waals surface area contributed by atoms with Gasteiger partial charge < -0.3 is 11.1 Å². The standard InChI is InChI=1S/C18H16F2N4O2S/c19-18(20)27-13-8-6-11(7-9-13)22-17(26)14-10-15(16(21)25)24(23-14)12-4-2-1-3-5-12/h1-9,15,18H,10H2,(H2,21,25)(H,22,26). The number of rotatable bonds is 6. The van der Waals surface area contributed by atoms with E-state index in [1.165, 1.54) is 29.3 Å². The average molecular weight is 390 g/mol. The number of halogens is 2. The summed E-state index contributed by atoms with van der Waals surface area (Å²) >= 11 is 0.425. The molecule has 0 radical (unpaired) electrons. The van der Waals surface area contributed by atoms with Crippen molar-refractivity contribution in [2.45, 2.75) is 23.1 Å². The van der Waals surface area contributed by atoms with Crippen molar-refractivity contribution in [1.29, 1.82) is 0 Å². The number of para-hydroxylation sites is 1. The Morgan fingerprint density at radius 3 is 2.41 bits per heavy atom. The van der Waals surface area contributed by atoms with Gasteiger partial charge in [-0.3, -0.25) is 14.6 Å². The van der Waals surface area contributed by atoms with E-state index in [0.717, 1.165) is 0 Å². The number of benzene rings is 2. The number of hydrazone groups is 1. The van der Waals surface area contributed by atoms with Gasteiger partial charge in [0.2, 0.25) is 5.91 Å². The summed E-state index contributed by atoms with van der Waals surface area (Å²) in [4.78, 5) is 24.6. The number of amides is 2. The smallest absolute Gasteiger partial charge is 0.288 e. The van der Waals surface area contributed by atoms with Crippen LogP contribution in [0.3, 0.4) is 0 Å². The molecule has 0 spiro atoms. The Hall–Kier alpha value is -2.94. The van der Waals surface area contributed by atoms with Crippen LogP contribution in [0.4, 0.5) is 20.2 Å². The van der Waals surface area contributed by atoms with Crippen LogP contribution >= 0.6 is 11.8 Å². The Morgan fingerprint density at radius 1 is 1.15 bits per heavy atom. The molecule has 2 amide bonds. The molecule has 0 bridgehead atoms. The van der Waals surface area contributed by atoms with E-state index in [1.54, 1.807) is 24.3 Å². The molecule has 0 saturated carbocycles. The molecule has 2 aromatic carbocycles. The maximum absolute atomic E-state index is 12.5. The number of carbonyl (C=O) groups is 2. The molecule has 1 atom stereocenters. The van der Waals surface area contributed by atoms with Gasteiger partial charge in [0.1, 0.15) is 11.8 Å². The number of nitrogens with one attached hydrogen (secondary N) is 1. The second-order valence-corrected chi connectivity index (χ2v) is 6.77. The molecule has 1 heterocycles. The SMILES string of the molecule is NC(=O)C1CC(C(=O)Nc2ccc(SC(F)F)cc2)=NN1c1ccccc1. The molecule has 0 aromatic heterocycles. The Balaban J connectivity index is 1.73. The molecule has 2 aromatic rings. The number of carbonyl (C=O) groups excluding carboxylic acids is 2. The molecular weight excluding hydrogens is 374 g/mol. The summed E-state index contributed by atoms with van der Waals surface area (Å²) in [5, 5.41) is 8.33. The number of nitrogens with zero attached hydrogens (tertiary/aromatic N) is 2. The van der Waals surface area contributed by atoms with E-state index in [4.69, 9.17) is 5.73 Å². The molecule has 27 heavy (non-hydrogen) atoms. The monoisotopic (exact) mass is 390 g/mol. The summed E-state index contributed by atoms with van der Waals surface area (Å²) in [5.74, 6) is -3.57. The van der Waals surface area contributed by atoms with Crippen molar-refractivity contribution in [2.24, 2.45) is 10.8 Å². The molecule has 0 fully saturated rings. The molecule has 0 saturated heterocycles. The highest BCUT2D eigenvalue weighted by Gasteiger charge is 2.34. The van der Waals surface area contributed by atoms with Crippen LogP contribution in [0, 0.1) is 0 Å². The average Bonchev–Trinajstić information content (AvgIpc) is 3.09. The van der Waals surface area contributed by atoms with Crippen LogP contribution in [0.2, 0.25) is 0 Å². The van der Waals surface area contributed by atoms with E-state index in [9.17, 15) is 18.4 Å². The molecular formula is C18H16F2N4O2S. The summed E-state index contributed by atoms with van der Waals surface area (Å²) < 4.78 is 24.7. The first kappa shape index (κ1) is 18.8. The molecule has 9 heteroatoms. The van der Waals surface area contributed by atoms with Gasteiger partial charge in [-0.15, -0.1) is 0 Å². The lowest BCUT2D eigenvalue weighted by Crippen LogP contribution is -2.39. The number of hydrogen-bond donors (Lipinski definition) is 2. The zero-order valence-corrected chi connectivity index (χ0v) is 14.8. The Kier molecular flexibility index (Phi) is 5.70. The van der Waals surface area contributed by atoms with Crippen molar-refractivity contribution >= 4 is 40.7 Å². The van der Waals surface area contributed by atoms with Crippen LogP contribution in [-0.4, -0.2) is 29.3 Å². The molecule has 1 unspecified atom stereocenters. The predicted molar refractivity (Wildman–Crippen MR) is 101 cm³/mol. The van der Waals surface area contributed by atoms with E-state index in [1.807, 2.05) is 6.07 Å². The third kappa shape index (κ3) is 4.62. The van der Waals surface area contributed by atoms with Crippen LogP contribution < -0.4 is 16.1 Å². The van der Waals surface area contributed by atoms with Crippen molar-refractivity contribution in [1.82, 2.24) is 0 Å². The first-order chi connectivity index (χ1) is 12.9. The fraction of sp³-hybridized carbons (Fsp3) is 0.167. The van der Waals surface area contributed by atoms with Gasteiger partial charge in [-0.05, 0) is 36.4 Å². The van der Waals surface area contributed by atoms with Crippen LogP contribution in [-0.2, 0) is 9.59 Å². The summed E-state index contributed by atoms with van der Waals surface area (Å²) in [5.41, 5.74) is 6.70. The van der Waals surface area contributed by atoms with Gasteiger partial charge in [0.15, 0.2) is 0 Å². The largest absolute Gasteiger partial charge is 0.368 e. The van der Waals surface area contributed by atoms with Crippen LogP contribution in [0.1, 0.15) is 6.42 Å². The second-order valence-electron chi connectivity index (χ2n) is 5.71. The van der Waals surface area contributed by atoms with Crippen molar-refractivity contribution in [2.75, 3.05) is 10.3 Å². The quantitative estimate of drug-likeness (QED) is 0.742. The van der Waals surface area contributed by atoms with Gasteiger partial charge in [-0.2, -0.15) is 13.9 Å². The highest BCUT2D eigenvalue weighted by atomic mass is 32.2. The van der Waals surface area contributed by atoms with Crippen molar-refractivity contribution in [3.05, 3.63) is 54.6 Å². The van der Waals surface area contributed by atoms with Crippen LogP contribution in [0.25, 0.3) is 0 Å². The number of thioether (sulfide) groups is 1. The first-order valence-electron chi connectivity index (χ1n) is 8.01. The lowest BCUT2D eigenvalue weighted by Gasteiger charge is -2.20. The normalized spacial score (nSPS) is 16.3. The van der Waals surface area contributed by atoms with E-state index >= 15 is 0 Å². The number of alkyl halides is 2. The Bertz CT molecular complexity index is 859. The minimum atomic E-state index is -2.51. The van der Waals surface area contributed by atoms with Gasteiger partial charge in [0.25, 0.3) is 11.7 Å². The fourth-order valence-electron chi connectivity index (χ4n) is 2.61. The summed E-state index contributed by atoms with van der Waals surface area (Å²) in [6.45, 7) is 0. The Labute approximate surface area is 158 Å². The van der Waals surface area contributed by atoms with Gasteiger partial charge in [0.05, 0.1) is 5.69 Å². The number of hydrogen-bond acceptors (Lipinski definition) is 5. The third-order valence-corrected chi connectivity index (χ3v) is 4.58. The molecule has 140 valence electrons. The minimum absolute atomic E-state index is 0.0787. The zero-order chi connectivity index (χ0) is 19.4. The molecule has 6 nitrogen and oxygen atoms in total. The van der Waals surface area contributed by atoms with E-state index in [-0.39, 0.29) is 12.1 Å². The van der Waals surface area contributed by atoms with E-state index in [0.29, 0.717) is 28.0 Å². The van der Waals surface area contributed by atoms with Crippen molar-refractivity contribution in [3.8, 4) is 0 Å². The maximum atomic E-state index is 12.5. The topological polar surface area (TPSA) is 87.8 Å². The fourth-order valence-corrected chi connectivity index (χ4v) is 3.11. The van der Waals surface area contributed by atoms with Crippen molar-refractivity contribution < 1.29 is 18.4 Å². The number of nitrogens with two attached hydrogens (primary N) is 1. The lowest BCUT2D eigenvalue weighted by atomic mass is 10.1. The molecule has 0 aliphatic carbocycles. The van der Waals surface area contributed by atoms with Crippen molar-refractivity contribution in [3.63, 3.8) is 0 Å². The number of primary amides is 1. The summed E-state index contributed by atoms with van der Waals surface area (Å²) in [7, 11) is 0. The molecule has 3 rings (SSSR count). The Morgan fingerprint density at radius 2 is 1.81 bits per heavy atom. The lowest BCUT2D eigenvalue weighted by molar-refractivity contribution is -0.119. The predicted octanol–water partition coefficient (Wildman–Crippen LogP) is 3.06. The van der Waals surface area contributed by atoms with Crippen LogP contribution in [0.5, 0.6) is 0 Å². The number of anilines is 2. The summed E-state index contributed by atoms with van der Waals surface area (Å²) in [6, 6.07) is 14.2. The van der Waals surface area contributed by atoms with Gasteiger partial charge >= 0.3 is 0 Å². The van der Waals surface area contributed by atoms with E-state index in [2.05, 4.69) is 10.4 Å². The van der Waals surface area contributed by atoms with Gasteiger partial charge in [0, 0.05) is 17.0 Å². The molecule has 1 aliphatic rings. The van der Waals surface area contributed by atoms with Crippen LogP contribution in [0.15, 0.2) is 64.6 Å². The second kappa shape index (κ2) is 8.17. The van der Waals surface area contributed by atoms with Gasteiger partial charge in [-0.25, -0.2) is 0 Å². The zero-order valence-electron chi connectivity index (χ0n) is 14.0. The molecule has 3 N–H and O–H groups in total. The maximum Gasteiger partial charge on any atom is 0.288 e. The highest BCUT2D eigenvalue weighted by Crippen LogP contribution is 2.27.